The number of nitrogens with zero attached hydrogens (tertiary/aromatic N) is 5. The second-order valence-electron chi connectivity index (χ2n) is 6.59. The van der Waals surface area contributed by atoms with E-state index in [9.17, 15) is 5.11 Å². The molecule has 4 rings (SSSR count). The Hall–Kier alpha value is -2.55. The molecule has 0 bridgehead atoms. The van der Waals surface area contributed by atoms with Crippen LogP contribution in [0.4, 0.5) is 0 Å². The van der Waals surface area contributed by atoms with Gasteiger partial charge in [0.1, 0.15) is 17.5 Å². The van der Waals surface area contributed by atoms with Crippen molar-refractivity contribution in [3.8, 4) is 11.4 Å². The Morgan fingerprint density at radius 1 is 1.17 bits per heavy atom. The van der Waals surface area contributed by atoms with Gasteiger partial charge in [0.2, 0.25) is 0 Å². The fraction of sp³-hybridized carbons (Fsp3) is 0.286. The van der Waals surface area contributed by atoms with Crippen LogP contribution in [0.1, 0.15) is 37.0 Å². The molecule has 4 aromatic rings. The van der Waals surface area contributed by atoms with Gasteiger partial charge in [0.25, 0.3) is 0 Å². The molecule has 0 aliphatic rings. The maximum Gasteiger partial charge on any atom is 0.172 e. The highest BCUT2D eigenvalue weighted by molar-refractivity contribution is 7.99. The number of aliphatic hydroxyl groups excluding tert-OH is 1. The Kier molecular flexibility index (Phi) is 5.99. The first-order chi connectivity index (χ1) is 14.6. The highest BCUT2D eigenvalue weighted by atomic mass is 35.5. The van der Waals surface area contributed by atoms with Gasteiger partial charge in [-0.15, -0.1) is 5.10 Å². The fourth-order valence-corrected chi connectivity index (χ4v) is 4.43. The van der Waals surface area contributed by atoms with Gasteiger partial charge in [-0.2, -0.15) is 0 Å². The van der Waals surface area contributed by atoms with Crippen molar-refractivity contribution >= 4 is 28.9 Å². The average Bonchev–Trinajstić information content (AvgIpc) is 3.38. The Morgan fingerprint density at radius 3 is 2.60 bits per heavy atom. The summed E-state index contributed by atoms with van der Waals surface area (Å²) in [5.74, 6) is 1.62. The maximum atomic E-state index is 11.4. The molecule has 1 atom stereocenters. The van der Waals surface area contributed by atoms with Crippen LogP contribution in [0.15, 0.2) is 47.8 Å². The zero-order chi connectivity index (χ0) is 21.3. The van der Waals surface area contributed by atoms with Crippen molar-refractivity contribution in [2.24, 2.45) is 0 Å². The molecule has 3 aromatic heterocycles. The van der Waals surface area contributed by atoms with Gasteiger partial charge in [-0.05, 0) is 48.6 Å². The van der Waals surface area contributed by atoms with Crippen LogP contribution >= 0.6 is 23.4 Å². The molecule has 9 heteroatoms. The van der Waals surface area contributed by atoms with Crippen molar-refractivity contribution in [1.82, 2.24) is 24.4 Å². The van der Waals surface area contributed by atoms with Crippen LogP contribution in [0, 0.1) is 0 Å². The quantitative estimate of drug-likeness (QED) is 0.428. The van der Waals surface area contributed by atoms with Crippen molar-refractivity contribution in [2.45, 2.75) is 31.5 Å². The number of benzene rings is 1. The lowest BCUT2D eigenvalue weighted by molar-refractivity contribution is 0.207. The lowest BCUT2D eigenvalue weighted by Crippen LogP contribution is -2.11. The molecule has 0 saturated carbocycles. The smallest absolute Gasteiger partial charge is 0.172 e. The molecular weight excluding hydrogens is 422 g/mol. The van der Waals surface area contributed by atoms with Gasteiger partial charge in [0, 0.05) is 0 Å². The van der Waals surface area contributed by atoms with E-state index >= 15 is 0 Å². The maximum absolute atomic E-state index is 11.4. The van der Waals surface area contributed by atoms with Gasteiger partial charge in [-0.3, -0.25) is 4.40 Å². The number of fused-ring (bicyclic) bond motifs is 1. The Labute approximate surface area is 183 Å². The highest BCUT2D eigenvalue weighted by Gasteiger charge is 2.26. The van der Waals surface area contributed by atoms with E-state index in [1.54, 1.807) is 35.8 Å². The van der Waals surface area contributed by atoms with Gasteiger partial charge >= 0.3 is 0 Å². The summed E-state index contributed by atoms with van der Waals surface area (Å²) >= 11 is 8.13. The molecule has 0 radical (unpaired) electrons. The van der Waals surface area contributed by atoms with Crippen LogP contribution in [0.5, 0.6) is 5.75 Å². The van der Waals surface area contributed by atoms with Crippen molar-refractivity contribution in [3.63, 3.8) is 0 Å². The third-order valence-corrected chi connectivity index (χ3v) is 6.03. The van der Waals surface area contributed by atoms with Gasteiger partial charge in [-0.25, -0.2) is 9.67 Å². The third kappa shape index (κ3) is 3.55. The minimum absolute atomic E-state index is 0.451. The standard InChI is InChI=1S/C21H22ClN5O2S/c1-4-17-18(24-25-27(17)13-6-9-15(29-3)10-7-13)20(28)19-16(22)11-8-14-12-23-21(26(14)19)30-5-2/h6-12,20,28H,4-5H2,1-3H3. The Balaban J connectivity index is 1.83. The summed E-state index contributed by atoms with van der Waals surface area (Å²) in [5.41, 5.74) is 3.53. The SMILES string of the molecule is CCSc1ncc2ccc(Cl)c(C(O)c3nnn(-c4ccc(OC)cc4)c3CC)n12. The molecule has 1 unspecified atom stereocenters. The lowest BCUT2D eigenvalue weighted by atomic mass is 10.1. The van der Waals surface area contributed by atoms with E-state index in [4.69, 9.17) is 16.3 Å². The minimum atomic E-state index is -1.05. The molecule has 1 N–H and O–H groups in total. The largest absolute Gasteiger partial charge is 0.497 e. The van der Waals surface area contributed by atoms with Crippen molar-refractivity contribution in [1.29, 1.82) is 0 Å². The Bertz CT molecular complexity index is 1170. The second-order valence-corrected chi connectivity index (χ2v) is 8.23. The molecular formula is C21H22ClN5O2S. The number of aromatic nitrogens is 5. The number of aliphatic hydroxyl groups is 1. The van der Waals surface area contributed by atoms with Crippen molar-refractivity contribution in [3.05, 3.63) is 64.7 Å². The van der Waals surface area contributed by atoms with Crippen LogP contribution in [-0.4, -0.2) is 42.3 Å². The van der Waals surface area contributed by atoms with Crippen LogP contribution in [0.2, 0.25) is 5.02 Å². The predicted octanol–water partition coefficient (Wildman–Crippen LogP) is 4.33. The van der Waals surface area contributed by atoms with Crippen LogP contribution in [0.25, 0.3) is 11.2 Å². The van der Waals surface area contributed by atoms with E-state index in [-0.39, 0.29) is 0 Å². The predicted molar refractivity (Wildman–Crippen MR) is 118 cm³/mol. The second kappa shape index (κ2) is 8.67. The number of pyridine rings is 1. The van der Waals surface area contributed by atoms with E-state index in [1.807, 2.05) is 41.7 Å². The molecule has 0 spiro atoms. The molecule has 0 amide bonds. The van der Waals surface area contributed by atoms with Gasteiger partial charge in [0.15, 0.2) is 5.16 Å². The molecule has 0 aliphatic heterocycles. The summed E-state index contributed by atoms with van der Waals surface area (Å²) in [6.07, 6.45) is 1.37. The molecule has 30 heavy (non-hydrogen) atoms. The number of halogens is 1. The first-order valence-electron chi connectivity index (χ1n) is 9.64. The van der Waals surface area contributed by atoms with Gasteiger partial charge < -0.3 is 9.84 Å². The van der Waals surface area contributed by atoms with E-state index in [1.165, 1.54) is 0 Å². The Morgan fingerprint density at radius 2 is 1.93 bits per heavy atom. The summed E-state index contributed by atoms with van der Waals surface area (Å²) in [6, 6.07) is 11.2. The molecule has 1 aromatic carbocycles. The summed E-state index contributed by atoms with van der Waals surface area (Å²) in [4.78, 5) is 4.48. The zero-order valence-corrected chi connectivity index (χ0v) is 18.5. The molecule has 0 fully saturated rings. The molecule has 7 nitrogen and oxygen atoms in total. The monoisotopic (exact) mass is 443 g/mol. The summed E-state index contributed by atoms with van der Waals surface area (Å²) in [6.45, 7) is 4.06. The normalized spacial score (nSPS) is 12.4. The molecule has 0 saturated heterocycles. The van der Waals surface area contributed by atoms with Crippen molar-refractivity contribution in [2.75, 3.05) is 12.9 Å². The first kappa shape index (κ1) is 20.7. The summed E-state index contributed by atoms with van der Waals surface area (Å²) in [7, 11) is 1.63. The molecule has 0 aliphatic carbocycles. The number of ether oxygens (including phenoxy) is 1. The number of methoxy groups -OCH3 is 1. The molecule has 156 valence electrons. The number of thioether (sulfide) groups is 1. The van der Waals surface area contributed by atoms with Crippen molar-refractivity contribution < 1.29 is 9.84 Å². The summed E-state index contributed by atoms with van der Waals surface area (Å²) < 4.78 is 8.86. The number of imidazole rings is 1. The topological polar surface area (TPSA) is 77.5 Å². The van der Waals surface area contributed by atoms with Crippen LogP contribution in [0.3, 0.4) is 0 Å². The van der Waals surface area contributed by atoms with E-state index in [0.29, 0.717) is 22.8 Å². The van der Waals surface area contributed by atoms with Gasteiger partial charge in [-0.1, -0.05) is 42.4 Å². The van der Waals surface area contributed by atoms with E-state index in [0.717, 1.165) is 33.6 Å². The van der Waals surface area contributed by atoms with E-state index < -0.39 is 6.10 Å². The number of hydrogen-bond acceptors (Lipinski definition) is 6. The first-order valence-corrected chi connectivity index (χ1v) is 11.0. The van der Waals surface area contributed by atoms with Crippen LogP contribution in [-0.2, 0) is 6.42 Å². The summed E-state index contributed by atoms with van der Waals surface area (Å²) in [5, 5.41) is 21.2. The number of hydrogen-bond donors (Lipinski definition) is 1. The highest BCUT2D eigenvalue weighted by Crippen LogP contribution is 2.33. The third-order valence-electron chi connectivity index (χ3n) is 4.88. The van der Waals surface area contributed by atoms with Gasteiger partial charge in [0.05, 0.1) is 40.9 Å². The fourth-order valence-electron chi connectivity index (χ4n) is 3.46. The minimum Gasteiger partial charge on any atom is -0.497 e. The average molecular weight is 444 g/mol. The van der Waals surface area contributed by atoms with E-state index in [2.05, 4.69) is 22.2 Å². The number of rotatable bonds is 7. The lowest BCUT2D eigenvalue weighted by Gasteiger charge is -2.16. The van der Waals surface area contributed by atoms with Crippen LogP contribution < -0.4 is 4.74 Å². The molecule has 3 heterocycles. The zero-order valence-electron chi connectivity index (χ0n) is 16.9.